The number of hydrogen-bond acceptors (Lipinski definition) is 2. The Hall–Kier alpha value is -2.94. The van der Waals surface area contributed by atoms with E-state index in [1.165, 1.54) is 5.56 Å². The van der Waals surface area contributed by atoms with Crippen molar-refractivity contribution in [2.45, 2.75) is 26.2 Å². The molecule has 3 heteroatoms. The van der Waals surface area contributed by atoms with Crippen molar-refractivity contribution in [1.29, 1.82) is 0 Å². The lowest BCUT2D eigenvalue weighted by Gasteiger charge is -2.21. The number of para-hydroxylation sites is 1. The molecule has 0 unspecified atom stereocenters. The van der Waals surface area contributed by atoms with Crippen LogP contribution in [0.2, 0.25) is 0 Å². The van der Waals surface area contributed by atoms with E-state index in [1.54, 1.807) is 0 Å². The molecule has 1 heterocycles. The Labute approximate surface area is 146 Å². The minimum atomic E-state index is -0.869. The zero-order valence-corrected chi connectivity index (χ0v) is 14.1. The second-order valence-corrected chi connectivity index (χ2v) is 6.52. The first-order chi connectivity index (χ1) is 12.1. The molecule has 1 aromatic heterocycles. The van der Waals surface area contributed by atoms with Crippen LogP contribution >= 0.6 is 0 Å². The molecule has 0 bridgehead atoms. The number of pyridine rings is 1. The lowest BCUT2D eigenvalue weighted by atomic mass is 9.85. The molecule has 0 aliphatic heterocycles. The second-order valence-electron chi connectivity index (χ2n) is 6.52. The van der Waals surface area contributed by atoms with Crippen LogP contribution in [0, 0.1) is 6.92 Å². The highest BCUT2D eigenvalue weighted by atomic mass is 16.4. The molecule has 1 aliphatic rings. The first-order valence-corrected chi connectivity index (χ1v) is 8.56. The van der Waals surface area contributed by atoms with Crippen LogP contribution in [0.4, 0.5) is 0 Å². The summed E-state index contributed by atoms with van der Waals surface area (Å²) in [5.41, 5.74) is 6.39. The molecule has 2 aromatic carbocycles. The van der Waals surface area contributed by atoms with Gasteiger partial charge >= 0.3 is 5.97 Å². The van der Waals surface area contributed by atoms with Crippen molar-refractivity contribution in [2.75, 3.05) is 0 Å². The molecule has 0 spiro atoms. The molecule has 0 radical (unpaired) electrons. The highest BCUT2D eigenvalue weighted by molar-refractivity contribution is 6.05. The van der Waals surface area contributed by atoms with Crippen LogP contribution in [0.5, 0.6) is 0 Å². The van der Waals surface area contributed by atoms with Crippen LogP contribution in [0.1, 0.15) is 45.6 Å². The number of aryl methyl sites for hydroxylation is 1. The molecule has 25 heavy (non-hydrogen) atoms. The van der Waals surface area contributed by atoms with Gasteiger partial charge in [-0.05, 0) is 60.6 Å². The summed E-state index contributed by atoms with van der Waals surface area (Å²) in [5, 5.41) is 10.5. The number of fused-ring (bicyclic) bond motifs is 2. The van der Waals surface area contributed by atoms with Gasteiger partial charge in [0.2, 0.25) is 0 Å². The van der Waals surface area contributed by atoms with Crippen molar-refractivity contribution in [3.8, 4) is 0 Å². The first-order valence-electron chi connectivity index (χ1n) is 8.56. The van der Waals surface area contributed by atoms with Gasteiger partial charge in [0, 0.05) is 5.39 Å². The van der Waals surface area contributed by atoms with E-state index >= 15 is 0 Å². The molecule has 4 rings (SSSR count). The van der Waals surface area contributed by atoms with E-state index in [0.717, 1.165) is 52.6 Å². The molecule has 3 aromatic rings. The molecule has 0 amide bonds. The van der Waals surface area contributed by atoms with Gasteiger partial charge in [-0.25, -0.2) is 9.78 Å². The average Bonchev–Trinajstić information content (AvgIpc) is 2.61. The number of carboxylic acid groups (broad SMARTS) is 1. The van der Waals surface area contributed by atoms with Crippen molar-refractivity contribution < 1.29 is 9.90 Å². The van der Waals surface area contributed by atoms with E-state index in [1.807, 2.05) is 36.4 Å². The topological polar surface area (TPSA) is 50.2 Å². The Kier molecular flexibility index (Phi) is 3.85. The number of allylic oxidation sites excluding steroid dienone is 1. The van der Waals surface area contributed by atoms with Gasteiger partial charge in [-0.3, -0.25) is 0 Å². The summed E-state index contributed by atoms with van der Waals surface area (Å²) < 4.78 is 0. The van der Waals surface area contributed by atoms with Crippen molar-refractivity contribution in [2.24, 2.45) is 0 Å². The van der Waals surface area contributed by atoms with E-state index < -0.39 is 5.97 Å². The Bertz CT molecular complexity index is 1020. The normalized spacial score (nSPS) is 15.3. The standard InChI is InChI=1S/C22H19NO2/c1-14-7-2-3-8-15(14)13-16-9-6-11-18-20(22(24)25)17-10-4-5-12-19(17)23-21(16)18/h2-5,7-8,10,12-13H,6,9,11H2,1H3,(H,24,25)/b16-13+. The molecular formula is C22H19NO2. The van der Waals surface area contributed by atoms with Crippen molar-refractivity contribution in [1.82, 2.24) is 4.98 Å². The Morgan fingerprint density at radius 1 is 1.08 bits per heavy atom. The number of benzene rings is 2. The predicted molar refractivity (Wildman–Crippen MR) is 101 cm³/mol. The number of carbonyl (C=O) groups is 1. The average molecular weight is 329 g/mol. The van der Waals surface area contributed by atoms with E-state index in [4.69, 9.17) is 4.98 Å². The van der Waals surface area contributed by atoms with Crippen LogP contribution in [0.3, 0.4) is 0 Å². The van der Waals surface area contributed by atoms with E-state index in [0.29, 0.717) is 5.56 Å². The lowest BCUT2D eigenvalue weighted by molar-refractivity contribution is 0.0697. The molecular weight excluding hydrogens is 310 g/mol. The summed E-state index contributed by atoms with van der Waals surface area (Å²) in [4.78, 5) is 16.8. The smallest absolute Gasteiger partial charge is 0.336 e. The summed E-state index contributed by atoms with van der Waals surface area (Å²) in [6.45, 7) is 2.09. The molecule has 0 fully saturated rings. The summed E-state index contributed by atoms with van der Waals surface area (Å²) >= 11 is 0. The zero-order chi connectivity index (χ0) is 17.4. The monoisotopic (exact) mass is 329 g/mol. The highest BCUT2D eigenvalue weighted by Gasteiger charge is 2.24. The quantitative estimate of drug-likeness (QED) is 0.710. The van der Waals surface area contributed by atoms with Crippen LogP contribution < -0.4 is 0 Å². The Morgan fingerprint density at radius 2 is 1.84 bits per heavy atom. The lowest BCUT2D eigenvalue weighted by Crippen LogP contribution is -2.13. The van der Waals surface area contributed by atoms with Crippen LogP contribution in [-0.4, -0.2) is 16.1 Å². The molecule has 0 atom stereocenters. The third-order valence-corrected chi connectivity index (χ3v) is 4.90. The maximum atomic E-state index is 12.0. The van der Waals surface area contributed by atoms with Crippen molar-refractivity contribution in [3.05, 3.63) is 76.5 Å². The molecule has 1 N–H and O–H groups in total. The second kappa shape index (κ2) is 6.17. The molecule has 1 aliphatic carbocycles. The molecule has 0 saturated carbocycles. The fourth-order valence-corrected chi connectivity index (χ4v) is 3.66. The summed E-state index contributed by atoms with van der Waals surface area (Å²) in [6, 6.07) is 15.8. The van der Waals surface area contributed by atoms with Gasteiger partial charge in [0.25, 0.3) is 0 Å². The van der Waals surface area contributed by atoms with Crippen molar-refractivity contribution >= 4 is 28.5 Å². The third kappa shape index (κ3) is 2.72. The van der Waals surface area contributed by atoms with Gasteiger partial charge in [-0.1, -0.05) is 42.5 Å². The number of aromatic carboxylic acids is 1. The van der Waals surface area contributed by atoms with Gasteiger partial charge < -0.3 is 5.11 Å². The van der Waals surface area contributed by atoms with Gasteiger partial charge in [-0.2, -0.15) is 0 Å². The fraction of sp³-hybridized carbons (Fsp3) is 0.182. The van der Waals surface area contributed by atoms with Gasteiger partial charge in [0.05, 0.1) is 16.8 Å². The SMILES string of the molecule is Cc1ccccc1/C=C1\CCCc2c1nc1ccccc1c2C(=O)O. The van der Waals surface area contributed by atoms with Crippen LogP contribution in [0.15, 0.2) is 48.5 Å². The molecule has 124 valence electrons. The maximum absolute atomic E-state index is 12.0. The van der Waals surface area contributed by atoms with Gasteiger partial charge in [-0.15, -0.1) is 0 Å². The zero-order valence-electron chi connectivity index (χ0n) is 14.1. The first kappa shape index (κ1) is 15.6. The number of aromatic nitrogens is 1. The summed E-state index contributed by atoms with van der Waals surface area (Å²) in [7, 11) is 0. The minimum Gasteiger partial charge on any atom is -0.478 e. The highest BCUT2D eigenvalue weighted by Crippen LogP contribution is 2.36. The van der Waals surface area contributed by atoms with E-state index in [9.17, 15) is 9.90 Å². The molecule has 3 nitrogen and oxygen atoms in total. The fourth-order valence-electron chi connectivity index (χ4n) is 3.66. The number of nitrogens with zero attached hydrogens (tertiary/aromatic N) is 1. The summed E-state index contributed by atoms with van der Waals surface area (Å²) in [6.07, 6.45) is 4.80. The Morgan fingerprint density at radius 3 is 2.64 bits per heavy atom. The van der Waals surface area contributed by atoms with Crippen molar-refractivity contribution in [3.63, 3.8) is 0 Å². The molecule has 0 saturated heterocycles. The number of carboxylic acids is 1. The third-order valence-electron chi connectivity index (χ3n) is 4.90. The van der Waals surface area contributed by atoms with Crippen LogP contribution in [0.25, 0.3) is 22.6 Å². The predicted octanol–water partition coefficient (Wildman–Crippen LogP) is 5.12. The minimum absolute atomic E-state index is 0.413. The van der Waals surface area contributed by atoms with Gasteiger partial charge in [0.1, 0.15) is 0 Å². The van der Waals surface area contributed by atoms with E-state index in [-0.39, 0.29) is 0 Å². The van der Waals surface area contributed by atoms with Crippen LogP contribution in [-0.2, 0) is 6.42 Å². The van der Waals surface area contributed by atoms with Gasteiger partial charge in [0.15, 0.2) is 0 Å². The maximum Gasteiger partial charge on any atom is 0.336 e. The summed E-state index contributed by atoms with van der Waals surface area (Å²) in [5.74, 6) is -0.869. The Balaban J connectivity index is 1.99. The largest absolute Gasteiger partial charge is 0.478 e. The number of hydrogen-bond donors (Lipinski definition) is 1. The number of rotatable bonds is 2. The van der Waals surface area contributed by atoms with E-state index in [2.05, 4.69) is 25.1 Å².